The maximum atomic E-state index is 11.7. The van der Waals surface area contributed by atoms with Gasteiger partial charge in [-0.05, 0) is 30.5 Å². The van der Waals surface area contributed by atoms with Crippen LogP contribution in [0.3, 0.4) is 0 Å². The van der Waals surface area contributed by atoms with Gasteiger partial charge in [0, 0.05) is 6.42 Å². The molecule has 1 aromatic carbocycles. The van der Waals surface area contributed by atoms with Gasteiger partial charge in [-0.25, -0.2) is 0 Å². The number of hydrogen-bond acceptors (Lipinski definition) is 3. The van der Waals surface area contributed by atoms with Crippen molar-refractivity contribution in [2.24, 2.45) is 0 Å². The molecule has 2 N–H and O–H groups in total. The predicted octanol–water partition coefficient (Wildman–Crippen LogP) is 1.78. The van der Waals surface area contributed by atoms with Crippen LogP contribution in [-0.4, -0.2) is 30.1 Å². The number of carbonyl (C=O) groups excluding carboxylic acids is 1. The van der Waals surface area contributed by atoms with E-state index in [1.165, 1.54) is 6.92 Å². The molecule has 0 saturated heterocycles. The summed E-state index contributed by atoms with van der Waals surface area (Å²) in [6.45, 7) is 3.37. The van der Waals surface area contributed by atoms with Crippen molar-refractivity contribution in [2.45, 2.75) is 32.2 Å². The molecule has 104 valence electrons. The number of nitrogens with one attached hydrogen (secondary N) is 1. The number of carbonyl (C=O) groups is 2. The number of carboxylic acids is 1. The third kappa shape index (κ3) is 4.62. The van der Waals surface area contributed by atoms with Crippen LogP contribution in [0, 0.1) is 0 Å². The van der Waals surface area contributed by atoms with E-state index in [0.717, 1.165) is 11.3 Å². The fourth-order valence-corrected chi connectivity index (χ4v) is 1.69. The second-order valence-corrected chi connectivity index (χ2v) is 4.51. The van der Waals surface area contributed by atoms with Crippen LogP contribution in [0.4, 0.5) is 0 Å². The minimum atomic E-state index is -1.04. The molecule has 0 fully saturated rings. The summed E-state index contributed by atoms with van der Waals surface area (Å²) < 4.78 is 5.06. The van der Waals surface area contributed by atoms with Gasteiger partial charge in [0.2, 0.25) is 5.91 Å². The molecule has 0 aliphatic carbocycles. The van der Waals surface area contributed by atoms with Gasteiger partial charge in [0.05, 0.1) is 7.11 Å². The van der Waals surface area contributed by atoms with Gasteiger partial charge in [-0.3, -0.25) is 9.59 Å². The van der Waals surface area contributed by atoms with Crippen molar-refractivity contribution in [3.8, 4) is 5.75 Å². The van der Waals surface area contributed by atoms with Crippen LogP contribution >= 0.6 is 0 Å². The summed E-state index contributed by atoms with van der Waals surface area (Å²) in [5, 5.41) is 11.2. The van der Waals surface area contributed by atoms with E-state index in [9.17, 15) is 9.59 Å². The molecule has 0 aliphatic heterocycles. The first kappa shape index (κ1) is 15.0. The Morgan fingerprint density at radius 1 is 1.26 bits per heavy atom. The van der Waals surface area contributed by atoms with Crippen LogP contribution in [-0.2, 0) is 9.59 Å². The van der Waals surface area contributed by atoms with Gasteiger partial charge in [-0.1, -0.05) is 19.1 Å². The fourth-order valence-electron chi connectivity index (χ4n) is 1.69. The number of hydrogen-bond donors (Lipinski definition) is 2. The van der Waals surface area contributed by atoms with E-state index in [2.05, 4.69) is 5.32 Å². The van der Waals surface area contributed by atoms with Crippen LogP contribution in [0.2, 0.25) is 0 Å². The summed E-state index contributed by atoms with van der Waals surface area (Å²) in [5.41, 5.74) is 1.01. The summed E-state index contributed by atoms with van der Waals surface area (Å²) >= 11 is 0. The predicted molar refractivity (Wildman–Crippen MR) is 71.3 cm³/mol. The molecule has 0 aromatic heterocycles. The van der Waals surface area contributed by atoms with Crippen molar-refractivity contribution in [3.05, 3.63) is 29.8 Å². The van der Waals surface area contributed by atoms with Crippen LogP contribution in [0.1, 0.15) is 31.7 Å². The van der Waals surface area contributed by atoms with E-state index in [1.807, 2.05) is 31.2 Å². The normalized spacial score (nSPS) is 13.4. The lowest BCUT2D eigenvalue weighted by Gasteiger charge is -2.14. The first-order chi connectivity index (χ1) is 8.93. The summed E-state index contributed by atoms with van der Waals surface area (Å²) in [7, 11) is 1.60. The lowest BCUT2D eigenvalue weighted by atomic mass is 9.97. The number of methoxy groups -OCH3 is 1. The van der Waals surface area contributed by atoms with Crippen molar-refractivity contribution in [2.75, 3.05) is 7.11 Å². The second kappa shape index (κ2) is 6.78. The van der Waals surface area contributed by atoms with Gasteiger partial charge < -0.3 is 15.2 Å². The number of benzene rings is 1. The van der Waals surface area contributed by atoms with Gasteiger partial charge in [0.25, 0.3) is 0 Å². The molecule has 0 saturated carbocycles. The van der Waals surface area contributed by atoms with Gasteiger partial charge in [-0.2, -0.15) is 0 Å². The zero-order valence-electron chi connectivity index (χ0n) is 11.3. The molecule has 0 aliphatic rings. The number of rotatable bonds is 6. The number of carboxylic acid groups (broad SMARTS) is 1. The Hall–Kier alpha value is -2.04. The van der Waals surface area contributed by atoms with Gasteiger partial charge in [0.15, 0.2) is 0 Å². The van der Waals surface area contributed by atoms with Crippen LogP contribution in [0.5, 0.6) is 5.75 Å². The summed E-state index contributed by atoms with van der Waals surface area (Å²) in [6, 6.07) is 6.61. The highest BCUT2D eigenvalue weighted by atomic mass is 16.5. The lowest BCUT2D eigenvalue weighted by molar-refractivity contribution is -0.141. The Kier molecular flexibility index (Phi) is 5.36. The average molecular weight is 265 g/mol. The first-order valence-electron chi connectivity index (χ1n) is 6.10. The highest BCUT2D eigenvalue weighted by molar-refractivity contribution is 5.83. The van der Waals surface area contributed by atoms with E-state index in [0.29, 0.717) is 0 Å². The molecule has 1 unspecified atom stereocenters. The smallest absolute Gasteiger partial charge is 0.325 e. The molecule has 1 amide bonds. The van der Waals surface area contributed by atoms with Crippen molar-refractivity contribution < 1.29 is 19.4 Å². The summed E-state index contributed by atoms with van der Waals surface area (Å²) in [4.78, 5) is 22.3. The quantitative estimate of drug-likeness (QED) is 0.822. The molecular weight excluding hydrogens is 246 g/mol. The third-order valence-electron chi connectivity index (χ3n) is 2.92. The summed E-state index contributed by atoms with van der Waals surface area (Å²) in [5.74, 6) is -0.518. The van der Waals surface area contributed by atoms with Crippen LogP contribution < -0.4 is 10.1 Å². The lowest BCUT2D eigenvalue weighted by Crippen LogP contribution is -2.38. The molecule has 0 heterocycles. The Morgan fingerprint density at radius 3 is 2.32 bits per heavy atom. The molecule has 1 rings (SSSR count). The van der Waals surface area contributed by atoms with Crippen molar-refractivity contribution >= 4 is 11.9 Å². The van der Waals surface area contributed by atoms with Gasteiger partial charge >= 0.3 is 5.97 Å². The molecule has 0 spiro atoms. The standard InChI is InChI=1S/C14H19NO4/c1-9(8-13(16)15-10(2)14(17)18)11-4-6-12(19-3)7-5-11/h4-7,9-10H,8H2,1-3H3,(H,15,16)(H,17,18)/t9?,10-/m0/s1. The van der Waals surface area contributed by atoms with Crippen molar-refractivity contribution in [1.29, 1.82) is 0 Å². The number of ether oxygens (including phenoxy) is 1. The Balaban J connectivity index is 2.56. The van der Waals surface area contributed by atoms with Gasteiger partial charge in [-0.15, -0.1) is 0 Å². The van der Waals surface area contributed by atoms with Gasteiger partial charge in [0.1, 0.15) is 11.8 Å². The average Bonchev–Trinajstić information content (AvgIpc) is 2.38. The highest BCUT2D eigenvalue weighted by Gasteiger charge is 2.16. The SMILES string of the molecule is COc1ccc(C(C)CC(=O)N[C@@H](C)C(=O)O)cc1. The minimum absolute atomic E-state index is 0.0203. The van der Waals surface area contributed by atoms with Crippen LogP contribution in [0.15, 0.2) is 24.3 Å². The Bertz CT molecular complexity index is 441. The monoisotopic (exact) mass is 265 g/mol. The molecule has 5 nitrogen and oxygen atoms in total. The maximum absolute atomic E-state index is 11.7. The molecule has 19 heavy (non-hydrogen) atoms. The zero-order valence-corrected chi connectivity index (χ0v) is 11.3. The molecule has 0 bridgehead atoms. The molecule has 5 heteroatoms. The fraction of sp³-hybridized carbons (Fsp3) is 0.429. The molecule has 1 aromatic rings. The van der Waals surface area contributed by atoms with Crippen molar-refractivity contribution in [1.82, 2.24) is 5.32 Å². The van der Waals surface area contributed by atoms with E-state index in [-0.39, 0.29) is 18.2 Å². The van der Waals surface area contributed by atoms with E-state index in [4.69, 9.17) is 9.84 Å². The van der Waals surface area contributed by atoms with E-state index in [1.54, 1.807) is 7.11 Å². The number of amides is 1. The largest absolute Gasteiger partial charge is 0.497 e. The summed E-state index contributed by atoms with van der Waals surface area (Å²) in [6.07, 6.45) is 0.254. The van der Waals surface area contributed by atoms with E-state index >= 15 is 0 Å². The minimum Gasteiger partial charge on any atom is -0.497 e. The topological polar surface area (TPSA) is 75.6 Å². The second-order valence-electron chi connectivity index (χ2n) is 4.51. The van der Waals surface area contributed by atoms with Crippen molar-refractivity contribution in [3.63, 3.8) is 0 Å². The Morgan fingerprint density at radius 2 is 1.84 bits per heavy atom. The van der Waals surface area contributed by atoms with E-state index < -0.39 is 12.0 Å². The molecule has 0 radical (unpaired) electrons. The molecule has 2 atom stereocenters. The number of aliphatic carboxylic acids is 1. The first-order valence-corrected chi connectivity index (χ1v) is 6.10. The highest BCUT2D eigenvalue weighted by Crippen LogP contribution is 2.21. The molecular formula is C14H19NO4. The third-order valence-corrected chi connectivity index (χ3v) is 2.92. The van der Waals surface area contributed by atoms with Crippen LogP contribution in [0.25, 0.3) is 0 Å². The maximum Gasteiger partial charge on any atom is 0.325 e. The Labute approximate surface area is 112 Å². The zero-order chi connectivity index (χ0) is 14.4.